The summed E-state index contributed by atoms with van der Waals surface area (Å²) in [6.07, 6.45) is 0.204. The normalized spacial score (nSPS) is 23.1. The molecule has 2 aromatic heterocycles. The van der Waals surface area contributed by atoms with E-state index < -0.39 is 40.7 Å². The number of hydrogen-bond donors (Lipinski definition) is 5. The fourth-order valence-corrected chi connectivity index (χ4v) is 4.20. The van der Waals surface area contributed by atoms with Crippen LogP contribution in [0.25, 0.3) is 11.2 Å². The minimum atomic E-state index is -4.69. The van der Waals surface area contributed by atoms with Gasteiger partial charge in [-0.3, -0.25) is 13.6 Å². The number of aromatic nitrogens is 4. The van der Waals surface area contributed by atoms with Crippen molar-refractivity contribution in [2.75, 3.05) is 19.0 Å². The molecule has 2 aromatic rings. The highest BCUT2D eigenvalue weighted by atomic mass is 32.2. The molecule has 0 amide bonds. The van der Waals surface area contributed by atoms with E-state index in [2.05, 4.69) is 24.0 Å². The van der Waals surface area contributed by atoms with Crippen LogP contribution in [-0.4, -0.2) is 75.4 Å². The maximum atomic E-state index is 10.8. The summed E-state index contributed by atoms with van der Waals surface area (Å²) in [5.41, 5.74) is 0.814. The Kier molecular flexibility index (Phi) is 7.08. The van der Waals surface area contributed by atoms with Gasteiger partial charge in [0.1, 0.15) is 29.2 Å². The molecule has 0 aliphatic carbocycles. The number of thioether (sulfide) groups is 1. The van der Waals surface area contributed by atoms with Crippen molar-refractivity contribution in [1.29, 1.82) is 0 Å². The number of phosphoric acid groups is 2. The van der Waals surface area contributed by atoms with Gasteiger partial charge in [-0.25, -0.2) is 24.1 Å². The number of phosphoric ester groups is 2. The van der Waals surface area contributed by atoms with Crippen LogP contribution in [0.4, 0.5) is 0 Å². The molecule has 5 N–H and O–H groups in total. The predicted molar refractivity (Wildman–Crippen MR) is 96.6 cm³/mol. The van der Waals surface area contributed by atoms with Gasteiger partial charge in [0.15, 0.2) is 5.65 Å². The highest BCUT2D eigenvalue weighted by Crippen LogP contribution is 2.39. The van der Waals surface area contributed by atoms with E-state index >= 15 is 0 Å². The molecule has 0 aromatic carbocycles. The molecule has 1 saturated heterocycles. The van der Waals surface area contributed by atoms with E-state index in [1.807, 2.05) is 0 Å². The summed E-state index contributed by atoms with van der Waals surface area (Å²) in [4.78, 5) is 47.4. The molecule has 29 heavy (non-hydrogen) atoms. The molecule has 0 spiro atoms. The van der Waals surface area contributed by atoms with Crippen molar-refractivity contribution in [1.82, 2.24) is 19.5 Å². The number of ether oxygens (including phenoxy) is 1. The van der Waals surface area contributed by atoms with Gasteiger partial charge in [-0.1, -0.05) is 0 Å². The number of imidazole rings is 1. The van der Waals surface area contributed by atoms with Gasteiger partial charge in [-0.05, 0) is 0 Å². The van der Waals surface area contributed by atoms with Crippen molar-refractivity contribution in [3.63, 3.8) is 0 Å². The Bertz CT molecular complexity index is 948. The average Bonchev–Trinajstić information content (AvgIpc) is 3.19. The number of rotatable bonds is 9. The first-order valence-electron chi connectivity index (χ1n) is 8.07. The lowest BCUT2D eigenvalue weighted by Crippen LogP contribution is -2.25. The maximum absolute atomic E-state index is 10.8. The third-order valence-corrected chi connectivity index (χ3v) is 5.78. The standard InChI is InChI=1S/C12H18N4O10P2S/c17-7-3-9(26-8(7)4-25-28(21,22)23)16-6-15-10-11(16)13-5-14-12(10)29-2-1-24-27(18,19)20/h5-9,17H,1-4H2,(H2,18,19,20)(H2,21,22,23)/t7-,8+,9+/m0/s1. The molecule has 0 unspecified atom stereocenters. The summed E-state index contributed by atoms with van der Waals surface area (Å²) < 4.78 is 37.5. The second-order valence-corrected chi connectivity index (χ2v) is 9.46. The van der Waals surface area contributed by atoms with Crippen molar-refractivity contribution in [3.8, 4) is 0 Å². The third-order valence-electron chi connectivity index (χ3n) is 3.83. The van der Waals surface area contributed by atoms with Gasteiger partial charge in [0.05, 0.1) is 25.6 Å². The minimum Gasteiger partial charge on any atom is -0.390 e. The highest BCUT2D eigenvalue weighted by Gasteiger charge is 2.37. The third kappa shape index (κ3) is 6.26. The molecule has 3 atom stereocenters. The first-order valence-corrected chi connectivity index (χ1v) is 12.1. The predicted octanol–water partition coefficient (Wildman–Crippen LogP) is -0.215. The van der Waals surface area contributed by atoms with Crippen molar-refractivity contribution in [3.05, 3.63) is 12.7 Å². The second kappa shape index (κ2) is 9.04. The Balaban J connectivity index is 1.68. The number of fused-ring (bicyclic) bond motifs is 1. The summed E-state index contributed by atoms with van der Waals surface area (Å²) in [5, 5.41) is 10.5. The molecule has 14 nitrogen and oxygen atoms in total. The van der Waals surface area contributed by atoms with Crippen molar-refractivity contribution in [2.45, 2.75) is 29.9 Å². The van der Waals surface area contributed by atoms with E-state index in [9.17, 15) is 14.2 Å². The molecule has 0 saturated carbocycles. The molecule has 3 rings (SSSR count). The molecule has 0 bridgehead atoms. The van der Waals surface area contributed by atoms with Crippen LogP contribution in [0.1, 0.15) is 12.6 Å². The lowest BCUT2D eigenvalue weighted by Gasteiger charge is -2.16. The van der Waals surface area contributed by atoms with E-state index in [0.29, 0.717) is 16.2 Å². The van der Waals surface area contributed by atoms with Gasteiger partial charge < -0.3 is 29.4 Å². The molecule has 162 valence electrons. The average molecular weight is 472 g/mol. The van der Waals surface area contributed by atoms with E-state index in [-0.39, 0.29) is 18.8 Å². The number of aliphatic hydroxyl groups excluding tert-OH is 1. The first kappa shape index (κ1) is 22.7. The van der Waals surface area contributed by atoms with Crippen molar-refractivity contribution < 1.29 is 47.6 Å². The largest absolute Gasteiger partial charge is 0.469 e. The molecule has 3 heterocycles. The molecule has 0 radical (unpaired) electrons. The Morgan fingerprint density at radius 3 is 2.59 bits per heavy atom. The fraction of sp³-hybridized carbons (Fsp3) is 0.583. The summed E-state index contributed by atoms with van der Waals surface area (Å²) in [6.45, 7) is -0.676. The zero-order valence-corrected chi connectivity index (χ0v) is 17.2. The van der Waals surface area contributed by atoms with E-state index in [1.54, 1.807) is 4.57 Å². The van der Waals surface area contributed by atoms with Crippen LogP contribution in [0, 0.1) is 0 Å². The van der Waals surface area contributed by atoms with Gasteiger partial charge in [0, 0.05) is 12.2 Å². The SMILES string of the molecule is O=P(O)(O)OCCSc1ncnc2c1ncn2[C@H]1C[C@H](O)[C@@H](COP(=O)(O)O)O1. The zero-order valence-electron chi connectivity index (χ0n) is 14.6. The smallest absolute Gasteiger partial charge is 0.390 e. The van der Waals surface area contributed by atoms with E-state index in [0.717, 1.165) is 0 Å². The van der Waals surface area contributed by atoms with Gasteiger partial charge >= 0.3 is 15.6 Å². The lowest BCUT2D eigenvalue weighted by atomic mass is 10.2. The summed E-state index contributed by atoms with van der Waals surface area (Å²) in [7, 11) is -9.23. The van der Waals surface area contributed by atoms with Crippen LogP contribution in [0.2, 0.25) is 0 Å². The maximum Gasteiger partial charge on any atom is 0.469 e. The molecule has 1 aliphatic rings. The fourth-order valence-electron chi connectivity index (χ4n) is 2.65. The number of nitrogens with zero attached hydrogens (tertiary/aromatic N) is 4. The Morgan fingerprint density at radius 1 is 1.17 bits per heavy atom. The second-order valence-electron chi connectivity index (χ2n) is 5.89. The van der Waals surface area contributed by atoms with Crippen molar-refractivity contribution in [2.24, 2.45) is 0 Å². The molecular weight excluding hydrogens is 454 g/mol. The summed E-state index contributed by atoms with van der Waals surface area (Å²) >= 11 is 1.17. The van der Waals surface area contributed by atoms with Crippen LogP contribution in [0.5, 0.6) is 0 Å². The minimum absolute atomic E-state index is 0.128. The van der Waals surface area contributed by atoms with Gasteiger partial charge in [0.2, 0.25) is 0 Å². The van der Waals surface area contributed by atoms with Gasteiger partial charge in [-0.2, -0.15) is 0 Å². The van der Waals surface area contributed by atoms with Crippen LogP contribution in [-0.2, 0) is 22.9 Å². The first-order chi connectivity index (χ1) is 13.5. The Morgan fingerprint density at radius 2 is 1.90 bits per heavy atom. The lowest BCUT2D eigenvalue weighted by molar-refractivity contribution is -0.0424. The van der Waals surface area contributed by atoms with Gasteiger partial charge in [-0.15, -0.1) is 11.8 Å². The van der Waals surface area contributed by atoms with Crippen LogP contribution < -0.4 is 0 Å². The van der Waals surface area contributed by atoms with Gasteiger partial charge in [0.25, 0.3) is 0 Å². The highest BCUT2D eigenvalue weighted by molar-refractivity contribution is 7.99. The summed E-state index contributed by atoms with van der Waals surface area (Å²) in [6, 6.07) is 0. The van der Waals surface area contributed by atoms with Crippen molar-refractivity contribution >= 4 is 38.6 Å². The van der Waals surface area contributed by atoms with Crippen LogP contribution >= 0.6 is 27.4 Å². The van der Waals surface area contributed by atoms with Crippen LogP contribution in [0.3, 0.4) is 0 Å². The number of aliphatic hydroxyl groups is 1. The number of hydrogen-bond acceptors (Lipinski definition) is 10. The van der Waals surface area contributed by atoms with E-state index in [1.165, 1.54) is 24.4 Å². The molecule has 17 heteroatoms. The Hall–Kier alpha value is -0.960. The zero-order chi connectivity index (χ0) is 21.2. The molecule has 1 aliphatic heterocycles. The van der Waals surface area contributed by atoms with E-state index in [4.69, 9.17) is 24.3 Å². The summed E-state index contributed by atoms with van der Waals surface area (Å²) in [5.74, 6) is 0.213. The molecular formula is C12H18N4O10P2S. The topological polar surface area (TPSA) is 207 Å². The monoisotopic (exact) mass is 472 g/mol. The molecule has 1 fully saturated rings. The Labute approximate surface area is 167 Å². The quantitative estimate of drug-likeness (QED) is 0.138. The van der Waals surface area contributed by atoms with Crippen LogP contribution in [0.15, 0.2) is 17.7 Å².